The second-order valence-electron chi connectivity index (χ2n) is 16.9. The van der Waals surface area contributed by atoms with Gasteiger partial charge in [0.1, 0.15) is 29.5 Å². The average Bonchev–Trinajstić information content (AvgIpc) is 4.20. The summed E-state index contributed by atoms with van der Waals surface area (Å²) in [6.07, 6.45) is 10.3. The smallest absolute Gasteiger partial charge is 0.398 e. The summed E-state index contributed by atoms with van der Waals surface area (Å²) in [6, 6.07) is 12.0. The first-order valence-electron chi connectivity index (χ1n) is 22.4. The number of hydrogen-bond donors (Lipinski definition) is 6. The van der Waals surface area contributed by atoms with Gasteiger partial charge in [0, 0.05) is 61.2 Å². The standard InChI is InChI=1S/C52H53FN12O6/c1-7-30-19-43(64(26-30)49(66)45(32(8-2)9-3)62(11-5)51(68)70-28-56)47-59-40-18-15-36(23-42(40)61-47)37-16-13-34(21-38(37)53)35-14-17-39-41(22-35)60-48(58-39)44-20-31(24-54)27-65(44)50(67)46(33(10-4)25-55)63(12-6)52(69)71-29-57/h7-18,21-25,28-33,43-46,54-57H,1-6,19-20,26-27H2,(H,58,60)(H,59,61)/t30-,31+,33?,43-,44-,45-,46-/m0/s1. The van der Waals surface area contributed by atoms with Crippen LogP contribution in [0.4, 0.5) is 14.0 Å². The van der Waals surface area contributed by atoms with Gasteiger partial charge in [-0.2, -0.15) is 0 Å². The third-order valence-electron chi connectivity index (χ3n) is 13.0. The fourth-order valence-electron chi connectivity index (χ4n) is 9.43. The molecule has 2 aliphatic heterocycles. The predicted octanol–water partition coefficient (Wildman–Crippen LogP) is 9.08. The zero-order valence-corrected chi connectivity index (χ0v) is 38.7. The van der Waals surface area contributed by atoms with Crippen molar-refractivity contribution in [1.82, 2.24) is 39.5 Å². The lowest BCUT2D eigenvalue weighted by atomic mass is 9.97. The summed E-state index contributed by atoms with van der Waals surface area (Å²) < 4.78 is 25.8. The molecule has 7 atom stereocenters. The van der Waals surface area contributed by atoms with Crippen molar-refractivity contribution >= 4 is 71.3 Å². The number of hydrogen-bond acceptors (Lipinski definition) is 12. The number of benzene rings is 3. The monoisotopic (exact) mass is 960 g/mol. The third kappa shape index (κ3) is 9.74. The maximum Gasteiger partial charge on any atom is 0.420 e. The average molecular weight is 961 g/mol. The van der Waals surface area contributed by atoms with E-state index in [1.54, 1.807) is 47.4 Å². The van der Waals surface area contributed by atoms with E-state index in [1.165, 1.54) is 41.6 Å². The van der Waals surface area contributed by atoms with Gasteiger partial charge in [-0.1, -0.05) is 61.7 Å². The number of rotatable bonds is 20. The van der Waals surface area contributed by atoms with Crippen LogP contribution >= 0.6 is 0 Å². The number of fused-ring (bicyclic) bond motifs is 2. The zero-order valence-electron chi connectivity index (χ0n) is 38.7. The van der Waals surface area contributed by atoms with E-state index >= 15 is 4.39 Å². The number of imidazole rings is 2. The summed E-state index contributed by atoms with van der Waals surface area (Å²) >= 11 is 0. The van der Waals surface area contributed by atoms with Gasteiger partial charge in [-0.05, 0) is 65.8 Å². The molecule has 0 saturated carbocycles. The molecule has 6 N–H and O–H groups in total. The van der Waals surface area contributed by atoms with Crippen molar-refractivity contribution < 1.29 is 33.0 Å². The van der Waals surface area contributed by atoms with Crippen molar-refractivity contribution in [3.8, 4) is 22.3 Å². The first-order valence-corrected chi connectivity index (χ1v) is 22.4. The summed E-state index contributed by atoms with van der Waals surface area (Å²) in [4.78, 5) is 76.0. The third-order valence-corrected chi connectivity index (χ3v) is 13.0. The van der Waals surface area contributed by atoms with Crippen molar-refractivity contribution in [3.05, 3.63) is 148 Å². The number of ether oxygens (including phenoxy) is 2. The molecule has 1 unspecified atom stereocenters. The molecule has 0 radical (unpaired) electrons. The van der Waals surface area contributed by atoms with Gasteiger partial charge in [0.15, 0.2) is 12.8 Å². The van der Waals surface area contributed by atoms with E-state index in [0.29, 0.717) is 81.6 Å². The molecule has 5 aromatic rings. The largest absolute Gasteiger partial charge is 0.420 e. The van der Waals surface area contributed by atoms with Crippen LogP contribution in [0, 0.1) is 51.1 Å². The number of H-pyrrole nitrogens is 2. The van der Waals surface area contributed by atoms with Gasteiger partial charge < -0.3 is 40.1 Å². The molecular weight excluding hydrogens is 908 g/mol. The molecule has 71 heavy (non-hydrogen) atoms. The van der Waals surface area contributed by atoms with Gasteiger partial charge >= 0.3 is 12.2 Å². The van der Waals surface area contributed by atoms with Crippen molar-refractivity contribution in [3.63, 3.8) is 0 Å². The van der Waals surface area contributed by atoms with Gasteiger partial charge in [-0.15, -0.1) is 26.3 Å². The van der Waals surface area contributed by atoms with Crippen molar-refractivity contribution in [2.75, 3.05) is 13.1 Å². The molecule has 2 fully saturated rings. The Morgan fingerprint density at radius 3 is 1.59 bits per heavy atom. The molecule has 0 aliphatic carbocycles. The molecule has 364 valence electrons. The molecule has 2 aromatic heterocycles. The quantitative estimate of drug-likeness (QED) is 0.0249. The van der Waals surface area contributed by atoms with E-state index in [2.05, 4.69) is 49.4 Å². The van der Waals surface area contributed by atoms with Crippen LogP contribution in [-0.4, -0.2) is 114 Å². The molecule has 7 rings (SSSR count). The number of halogens is 1. The van der Waals surface area contributed by atoms with E-state index < -0.39 is 65.8 Å². The van der Waals surface area contributed by atoms with Crippen LogP contribution in [0.3, 0.4) is 0 Å². The summed E-state index contributed by atoms with van der Waals surface area (Å²) in [7, 11) is 0. The first-order chi connectivity index (χ1) is 34.3. The minimum atomic E-state index is -1.32. The van der Waals surface area contributed by atoms with E-state index in [9.17, 15) is 19.2 Å². The van der Waals surface area contributed by atoms with E-state index in [4.69, 9.17) is 41.1 Å². The number of carbonyl (C=O) groups is 4. The van der Waals surface area contributed by atoms with Crippen molar-refractivity contribution in [2.24, 2.45) is 23.7 Å². The lowest BCUT2D eigenvalue weighted by Crippen LogP contribution is -2.52. The Hall–Kier alpha value is -8.87. The number of amides is 4. The molecule has 4 amide bonds. The Morgan fingerprint density at radius 1 is 0.662 bits per heavy atom. The van der Waals surface area contributed by atoms with Gasteiger partial charge in [0.25, 0.3) is 0 Å². The first kappa shape index (κ1) is 50.0. The summed E-state index contributed by atoms with van der Waals surface area (Å²) in [5.74, 6) is -2.67. The van der Waals surface area contributed by atoms with Crippen LogP contribution in [0.15, 0.2) is 131 Å². The summed E-state index contributed by atoms with van der Waals surface area (Å²) in [5, 5.41) is 30.5. The van der Waals surface area contributed by atoms with Crippen LogP contribution in [0.2, 0.25) is 0 Å². The molecule has 0 spiro atoms. The number of likely N-dealkylation sites (tertiary alicyclic amines) is 2. The van der Waals surface area contributed by atoms with Gasteiger partial charge in [-0.25, -0.2) is 23.9 Å². The van der Waals surface area contributed by atoms with Crippen LogP contribution in [0.1, 0.15) is 36.6 Å². The van der Waals surface area contributed by atoms with Crippen LogP contribution in [0.5, 0.6) is 0 Å². The van der Waals surface area contributed by atoms with E-state index in [-0.39, 0.29) is 24.9 Å². The molecule has 2 aliphatic rings. The highest BCUT2D eigenvalue weighted by molar-refractivity contribution is 5.92. The maximum atomic E-state index is 16.3. The predicted molar refractivity (Wildman–Crippen MR) is 269 cm³/mol. The Kier molecular flexibility index (Phi) is 15.2. The van der Waals surface area contributed by atoms with Crippen LogP contribution < -0.4 is 0 Å². The van der Waals surface area contributed by atoms with Crippen molar-refractivity contribution in [2.45, 2.75) is 37.0 Å². The lowest BCUT2D eigenvalue weighted by Gasteiger charge is -2.35. The number of carbonyl (C=O) groups excluding carboxylic acids is 4. The van der Waals surface area contributed by atoms with Gasteiger partial charge in [-0.3, -0.25) is 30.2 Å². The topological polar surface area (TPSA) is 252 Å². The fraction of sp³-hybridized carbons (Fsp3) is 0.231. The Balaban J connectivity index is 1.15. The second kappa shape index (κ2) is 21.6. The minimum Gasteiger partial charge on any atom is -0.398 e. The molecule has 3 aromatic carbocycles. The zero-order chi connectivity index (χ0) is 51.1. The number of aromatic nitrogens is 4. The summed E-state index contributed by atoms with van der Waals surface area (Å²) in [6.45, 7) is 23.2. The van der Waals surface area contributed by atoms with E-state index in [0.717, 1.165) is 22.2 Å². The van der Waals surface area contributed by atoms with Crippen LogP contribution in [0.25, 0.3) is 44.3 Å². The SMILES string of the molecule is C=CC(C=N)[C@@H](C(=O)N1C[C@@H](C=N)C[C@H]1c1nc2ccc(-c3ccc(-c4ccc5nc([C@@H]6C[C@H](C=C)CN6C(=O)[C@H](C(C=C)C=C)N(C=C)C(=O)OC=N)[nH]c5c4)c(F)c3)cc2[nH]1)N(C=C)C(=O)OC=N. The van der Waals surface area contributed by atoms with Gasteiger partial charge in [0.2, 0.25) is 11.8 Å². The molecule has 4 heterocycles. The number of nitrogens with zero attached hydrogens (tertiary/aromatic N) is 6. The highest BCUT2D eigenvalue weighted by Crippen LogP contribution is 2.40. The second-order valence-corrected chi connectivity index (χ2v) is 16.9. The molecule has 2 saturated heterocycles. The molecule has 19 heteroatoms. The molecule has 0 bridgehead atoms. The van der Waals surface area contributed by atoms with Gasteiger partial charge in [0.05, 0.1) is 34.2 Å². The fourth-order valence-corrected chi connectivity index (χ4v) is 9.43. The highest BCUT2D eigenvalue weighted by atomic mass is 19.1. The van der Waals surface area contributed by atoms with Crippen molar-refractivity contribution in [1.29, 1.82) is 21.6 Å². The lowest BCUT2D eigenvalue weighted by molar-refractivity contribution is -0.138. The Bertz CT molecular complexity index is 2980. The minimum absolute atomic E-state index is 0.103. The molecule has 18 nitrogen and oxygen atoms in total. The Labute approximate surface area is 408 Å². The Morgan fingerprint density at radius 2 is 1.13 bits per heavy atom. The maximum absolute atomic E-state index is 16.3. The van der Waals surface area contributed by atoms with Crippen LogP contribution in [-0.2, 0) is 19.1 Å². The summed E-state index contributed by atoms with van der Waals surface area (Å²) in [5.41, 5.74) is 4.54. The van der Waals surface area contributed by atoms with E-state index in [1.807, 2.05) is 12.1 Å². The number of nitrogens with one attached hydrogen (secondary N) is 6. The normalized spacial score (nSPS) is 18.7. The number of aromatic amines is 2. The molecular formula is C52H53FN12O6. The highest BCUT2D eigenvalue weighted by Gasteiger charge is 2.45.